The summed E-state index contributed by atoms with van der Waals surface area (Å²) >= 11 is 0. The number of aromatic amines is 1. The van der Waals surface area contributed by atoms with E-state index in [9.17, 15) is 18.4 Å². The minimum absolute atomic E-state index is 0.0735. The summed E-state index contributed by atoms with van der Waals surface area (Å²) in [6, 6.07) is 0. The average Bonchev–Trinajstić information content (AvgIpc) is 3.39. The predicted molar refractivity (Wildman–Crippen MR) is 82.8 cm³/mol. The van der Waals surface area contributed by atoms with Crippen molar-refractivity contribution in [3.05, 3.63) is 11.6 Å². The molecule has 25 heavy (non-hydrogen) atoms. The number of H-pyrrole nitrogens is 1. The molecule has 3 N–H and O–H groups in total. The molecule has 1 heterocycles. The topological polar surface area (TPSA) is 99.8 Å². The molecule has 136 valence electrons. The van der Waals surface area contributed by atoms with Gasteiger partial charge in [-0.1, -0.05) is 0 Å². The molecular weight excluding hydrogens is 332 g/mol. The lowest BCUT2D eigenvalue weighted by molar-refractivity contribution is -0.126. The number of rotatable bonds is 5. The van der Waals surface area contributed by atoms with Crippen molar-refractivity contribution in [2.45, 2.75) is 50.5 Å². The highest BCUT2D eigenvalue weighted by Gasteiger charge is 2.69. The van der Waals surface area contributed by atoms with Gasteiger partial charge >= 0.3 is 0 Å². The molecule has 1 aromatic heterocycles. The summed E-state index contributed by atoms with van der Waals surface area (Å²) in [5.74, 6) is -4.01. The van der Waals surface area contributed by atoms with Crippen LogP contribution in [0.25, 0.3) is 0 Å². The Kier molecular flexibility index (Phi) is 3.59. The molecule has 0 aromatic carbocycles. The molecular formula is C16H21F2N5O2. The van der Waals surface area contributed by atoms with Crippen LogP contribution in [0.5, 0.6) is 0 Å². The number of fused-ring (bicyclic) bond motifs is 1. The van der Waals surface area contributed by atoms with Gasteiger partial charge in [0.2, 0.25) is 11.7 Å². The van der Waals surface area contributed by atoms with Crippen molar-refractivity contribution in [1.29, 1.82) is 0 Å². The first-order valence-electron chi connectivity index (χ1n) is 8.68. The summed E-state index contributed by atoms with van der Waals surface area (Å²) in [4.78, 5) is 28.4. The average molecular weight is 353 g/mol. The Bertz CT molecular complexity index is 715. The van der Waals surface area contributed by atoms with Gasteiger partial charge in [0, 0.05) is 24.3 Å². The third kappa shape index (κ3) is 3.00. The van der Waals surface area contributed by atoms with E-state index in [2.05, 4.69) is 25.8 Å². The fourth-order valence-electron chi connectivity index (χ4n) is 3.86. The lowest BCUT2D eigenvalue weighted by atomic mass is 9.88. The third-order valence-electron chi connectivity index (χ3n) is 5.73. The SMILES string of the molecule is Cc1nc(C(=O)NC2(CNC(=O)C3CCC4C(C3)C4(F)F)CC2)n[nH]1. The van der Waals surface area contributed by atoms with Crippen LogP contribution in [0.15, 0.2) is 0 Å². The van der Waals surface area contributed by atoms with Crippen molar-refractivity contribution in [1.82, 2.24) is 25.8 Å². The van der Waals surface area contributed by atoms with E-state index in [-0.39, 0.29) is 30.0 Å². The van der Waals surface area contributed by atoms with Crippen LogP contribution < -0.4 is 10.6 Å². The molecule has 4 rings (SSSR count). The Labute approximate surface area is 143 Å². The number of hydrogen-bond donors (Lipinski definition) is 3. The monoisotopic (exact) mass is 353 g/mol. The molecule has 3 fully saturated rings. The summed E-state index contributed by atoms with van der Waals surface area (Å²) in [5, 5.41) is 12.1. The van der Waals surface area contributed by atoms with Crippen LogP contribution in [0, 0.1) is 24.7 Å². The Morgan fingerprint density at radius 3 is 2.64 bits per heavy atom. The van der Waals surface area contributed by atoms with Crippen LogP contribution in [0.2, 0.25) is 0 Å². The molecule has 3 aliphatic carbocycles. The van der Waals surface area contributed by atoms with Gasteiger partial charge in [0.15, 0.2) is 0 Å². The molecule has 3 saturated carbocycles. The maximum Gasteiger partial charge on any atom is 0.291 e. The second-order valence-corrected chi connectivity index (χ2v) is 7.59. The van der Waals surface area contributed by atoms with Gasteiger partial charge < -0.3 is 10.6 Å². The highest BCUT2D eigenvalue weighted by atomic mass is 19.3. The molecule has 0 spiro atoms. The first-order valence-corrected chi connectivity index (χ1v) is 8.68. The number of nitrogens with zero attached hydrogens (tertiary/aromatic N) is 2. The molecule has 9 heteroatoms. The van der Waals surface area contributed by atoms with Gasteiger partial charge in [-0.15, -0.1) is 5.10 Å². The van der Waals surface area contributed by atoms with E-state index < -0.39 is 23.3 Å². The minimum atomic E-state index is -2.57. The van der Waals surface area contributed by atoms with Gasteiger partial charge in [-0.2, -0.15) is 0 Å². The highest BCUT2D eigenvalue weighted by molar-refractivity contribution is 5.91. The molecule has 2 amide bonds. The van der Waals surface area contributed by atoms with Crippen molar-refractivity contribution in [3.8, 4) is 0 Å². The van der Waals surface area contributed by atoms with E-state index in [1.807, 2.05) is 0 Å². The van der Waals surface area contributed by atoms with E-state index in [1.54, 1.807) is 6.92 Å². The molecule has 0 radical (unpaired) electrons. The summed E-state index contributed by atoms with van der Waals surface area (Å²) in [6.45, 7) is 2.01. The Morgan fingerprint density at radius 2 is 2.04 bits per heavy atom. The lowest BCUT2D eigenvalue weighted by Crippen LogP contribution is -2.47. The van der Waals surface area contributed by atoms with Crippen LogP contribution >= 0.6 is 0 Å². The van der Waals surface area contributed by atoms with Gasteiger partial charge in [-0.25, -0.2) is 13.8 Å². The van der Waals surface area contributed by atoms with Crippen molar-refractivity contribution in [2.24, 2.45) is 17.8 Å². The van der Waals surface area contributed by atoms with Crippen molar-refractivity contribution < 1.29 is 18.4 Å². The van der Waals surface area contributed by atoms with Crippen LogP contribution in [0.3, 0.4) is 0 Å². The van der Waals surface area contributed by atoms with Gasteiger partial charge in [-0.3, -0.25) is 14.7 Å². The highest BCUT2D eigenvalue weighted by Crippen LogP contribution is 2.63. The van der Waals surface area contributed by atoms with Gasteiger partial charge in [0.1, 0.15) is 5.82 Å². The number of nitrogens with one attached hydrogen (secondary N) is 3. The Balaban J connectivity index is 1.28. The third-order valence-corrected chi connectivity index (χ3v) is 5.73. The Hall–Kier alpha value is -2.06. The number of carbonyl (C=O) groups is 2. The number of halogens is 2. The summed E-state index contributed by atoms with van der Waals surface area (Å²) in [5.41, 5.74) is -0.470. The van der Waals surface area contributed by atoms with E-state index >= 15 is 0 Å². The quantitative estimate of drug-likeness (QED) is 0.740. The first kappa shape index (κ1) is 16.4. The number of amides is 2. The van der Waals surface area contributed by atoms with Gasteiger partial charge in [0.05, 0.1) is 5.54 Å². The second-order valence-electron chi connectivity index (χ2n) is 7.59. The van der Waals surface area contributed by atoms with E-state index in [4.69, 9.17) is 0 Å². The molecule has 1 aromatic rings. The number of alkyl halides is 2. The number of carbonyl (C=O) groups excluding carboxylic acids is 2. The van der Waals surface area contributed by atoms with Gasteiger partial charge in [-0.05, 0) is 39.0 Å². The van der Waals surface area contributed by atoms with E-state index in [1.165, 1.54) is 0 Å². The maximum absolute atomic E-state index is 13.4. The summed E-state index contributed by atoms with van der Waals surface area (Å²) in [6.07, 6.45) is 2.71. The van der Waals surface area contributed by atoms with E-state index in [0.29, 0.717) is 25.2 Å². The number of aromatic nitrogens is 3. The molecule has 0 aliphatic heterocycles. The van der Waals surface area contributed by atoms with Crippen molar-refractivity contribution >= 4 is 11.8 Å². The first-order chi connectivity index (χ1) is 11.8. The smallest absolute Gasteiger partial charge is 0.291 e. The van der Waals surface area contributed by atoms with Gasteiger partial charge in [0.25, 0.3) is 11.8 Å². The van der Waals surface area contributed by atoms with Crippen molar-refractivity contribution in [3.63, 3.8) is 0 Å². The van der Waals surface area contributed by atoms with E-state index in [0.717, 1.165) is 12.8 Å². The molecule has 3 unspecified atom stereocenters. The van der Waals surface area contributed by atoms with Crippen LogP contribution in [-0.4, -0.2) is 45.0 Å². The standard InChI is InChI=1S/C16H21F2N5O2/c1-8-20-12(23-22-8)14(25)21-15(4-5-15)7-19-13(24)9-2-3-10-11(6-9)16(10,17)18/h9-11H,2-7H2,1H3,(H,19,24)(H,21,25)(H,20,22,23). The molecule has 0 bridgehead atoms. The molecule has 3 atom stereocenters. The second kappa shape index (κ2) is 5.47. The zero-order valence-corrected chi connectivity index (χ0v) is 13.9. The molecule has 7 nitrogen and oxygen atoms in total. The normalized spacial score (nSPS) is 30.9. The summed E-state index contributed by atoms with van der Waals surface area (Å²) in [7, 11) is 0. The van der Waals surface area contributed by atoms with Crippen LogP contribution in [0.1, 0.15) is 48.5 Å². The zero-order chi connectivity index (χ0) is 17.8. The molecule has 0 saturated heterocycles. The number of hydrogen-bond acceptors (Lipinski definition) is 4. The zero-order valence-electron chi connectivity index (χ0n) is 13.9. The van der Waals surface area contributed by atoms with Crippen LogP contribution in [-0.2, 0) is 4.79 Å². The Morgan fingerprint density at radius 1 is 1.28 bits per heavy atom. The fourth-order valence-corrected chi connectivity index (χ4v) is 3.86. The molecule has 3 aliphatic rings. The minimum Gasteiger partial charge on any atom is -0.354 e. The van der Waals surface area contributed by atoms with Crippen LogP contribution in [0.4, 0.5) is 8.78 Å². The fraction of sp³-hybridized carbons (Fsp3) is 0.750. The summed E-state index contributed by atoms with van der Waals surface area (Å²) < 4.78 is 26.9. The number of aryl methyl sites for hydroxylation is 1. The predicted octanol–water partition coefficient (Wildman–Crippen LogP) is 1.17. The van der Waals surface area contributed by atoms with Crippen molar-refractivity contribution in [2.75, 3.05) is 6.54 Å². The largest absolute Gasteiger partial charge is 0.354 e. The maximum atomic E-state index is 13.4. The lowest BCUT2D eigenvalue weighted by Gasteiger charge is -2.22.